The number of fused-ring (bicyclic) bond motifs is 1. The summed E-state index contributed by atoms with van der Waals surface area (Å²) in [6, 6.07) is 10.6. The van der Waals surface area contributed by atoms with Crippen LogP contribution in [0.25, 0.3) is 16.7 Å². The molecule has 0 aliphatic heterocycles. The van der Waals surface area contributed by atoms with Crippen molar-refractivity contribution in [2.75, 3.05) is 0 Å². The molecule has 0 aliphatic carbocycles. The van der Waals surface area contributed by atoms with Gasteiger partial charge in [-0.05, 0) is 24.3 Å². The second-order valence-electron chi connectivity index (χ2n) is 3.69. The molecular formula is C12H8N4O2. The SMILES string of the molecule is O=C(O)c1cc(-n2nnc3ccccc32)ccn1. The van der Waals surface area contributed by atoms with Crippen LogP contribution in [0.4, 0.5) is 0 Å². The van der Waals surface area contributed by atoms with Crippen LogP contribution in [0.1, 0.15) is 10.5 Å². The number of rotatable bonds is 2. The quantitative estimate of drug-likeness (QED) is 0.734. The predicted octanol–water partition coefficient (Wildman–Crippen LogP) is 1.51. The minimum atomic E-state index is -1.07. The molecule has 0 aliphatic rings. The molecule has 6 heteroatoms. The van der Waals surface area contributed by atoms with Gasteiger partial charge in [0.05, 0.1) is 11.2 Å². The van der Waals surface area contributed by atoms with Crippen molar-refractivity contribution in [2.24, 2.45) is 0 Å². The average Bonchev–Trinajstić information content (AvgIpc) is 2.82. The van der Waals surface area contributed by atoms with Crippen LogP contribution in [0, 0.1) is 0 Å². The van der Waals surface area contributed by atoms with Crippen LogP contribution in [0.5, 0.6) is 0 Å². The molecule has 0 saturated heterocycles. The van der Waals surface area contributed by atoms with E-state index in [1.165, 1.54) is 12.3 Å². The number of para-hydroxylation sites is 1. The van der Waals surface area contributed by atoms with Gasteiger partial charge in [-0.1, -0.05) is 17.3 Å². The maximum absolute atomic E-state index is 10.9. The van der Waals surface area contributed by atoms with Gasteiger partial charge in [-0.25, -0.2) is 14.5 Å². The fourth-order valence-electron chi connectivity index (χ4n) is 1.73. The van der Waals surface area contributed by atoms with Gasteiger partial charge in [0.25, 0.3) is 0 Å². The second kappa shape index (κ2) is 3.92. The Morgan fingerprint density at radius 1 is 1.22 bits per heavy atom. The highest BCUT2D eigenvalue weighted by molar-refractivity contribution is 5.86. The maximum Gasteiger partial charge on any atom is 0.354 e. The molecule has 0 unspecified atom stereocenters. The molecule has 3 rings (SSSR count). The number of benzene rings is 1. The molecule has 3 aromatic rings. The van der Waals surface area contributed by atoms with Crippen molar-refractivity contribution in [2.45, 2.75) is 0 Å². The van der Waals surface area contributed by atoms with Gasteiger partial charge in [-0.3, -0.25) is 0 Å². The number of carboxylic acid groups (broad SMARTS) is 1. The van der Waals surface area contributed by atoms with Crippen LogP contribution in [0.3, 0.4) is 0 Å². The molecule has 0 fully saturated rings. The molecule has 0 atom stereocenters. The van der Waals surface area contributed by atoms with Crippen LogP contribution in [-0.2, 0) is 0 Å². The maximum atomic E-state index is 10.9. The molecule has 0 saturated carbocycles. The zero-order valence-corrected chi connectivity index (χ0v) is 9.19. The van der Waals surface area contributed by atoms with E-state index in [0.29, 0.717) is 5.69 Å². The number of hydrogen-bond donors (Lipinski definition) is 1. The van der Waals surface area contributed by atoms with Gasteiger partial charge < -0.3 is 5.11 Å². The zero-order chi connectivity index (χ0) is 12.5. The Balaban J connectivity index is 2.20. The van der Waals surface area contributed by atoms with Crippen molar-refractivity contribution in [1.29, 1.82) is 0 Å². The minimum Gasteiger partial charge on any atom is -0.477 e. The summed E-state index contributed by atoms with van der Waals surface area (Å²) in [7, 11) is 0. The average molecular weight is 240 g/mol. The van der Waals surface area contributed by atoms with E-state index in [1.54, 1.807) is 10.7 Å². The zero-order valence-electron chi connectivity index (χ0n) is 9.19. The van der Waals surface area contributed by atoms with Crippen LogP contribution < -0.4 is 0 Å². The first-order valence-electron chi connectivity index (χ1n) is 5.26. The van der Waals surface area contributed by atoms with Crippen LogP contribution in [0.15, 0.2) is 42.6 Å². The van der Waals surface area contributed by atoms with E-state index in [1.807, 2.05) is 24.3 Å². The summed E-state index contributed by atoms with van der Waals surface area (Å²) in [6.07, 6.45) is 1.44. The van der Waals surface area contributed by atoms with Gasteiger partial charge in [-0.15, -0.1) is 5.10 Å². The summed E-state index contributed by atoms with van der Waals surface area (Å²) < 4.78 is 1.59. The Morgan fingerprint density at radius 2 is 2.06 bits per heavy atom. The first kappa shape index (κ1) is 10.4. The smallest absolute Gasteiger partial charge is 0.354 e. The third-order valence-corrected chi connectivity index (χ3v) is 2.56. The second-order valence-corrected chi connectivity index (χ2v) is 3.69. The summed E-state index contributed by atoms with van der Waals surface area (Å²) >= 11 is 0. The lowest BCUT2D eigenvalue weighted by molar-refractivity contribution is 0.0690. The summed E-state index contributed by atoms with van der Waals surface area (Å²) in [5.41, 5.74) is 2.18. The van der Waals surface area contributed by atoms with E-state index in [-0.39, 0.29) is 5.69 Å². The highest BCUT2D eigenvalue weighted by atomic mass is 16.4. The Kier molecular flexibility index (Phi) is 2.26. The van der Waals surface area contributed by atoms with E-state index in [2.05, 4.69) is 15.3 Å². The lowest BCUT2D eigenvalue weighted by Gasteiger charge is -2.02. The van der Waals surface area contributed by atoms with E-state index in [9.17, 15) is 4.79 Å². The monoisotopic (exact) mass is 240 g/mol. The van der Waals surface area contributed by atoms with Crippen molar-refractivity contribution in [1.82, 2.24) is 20.0 Å². The fraction of sp³-hybridized carbons (Fsp3) is 0. The standard InChI is InChI=1S/C12H8N4O2/c17-12(18)10-7-8(5-6-13-10)16-11-4-2-1-3-9(11)14-15-16/h1-7H,(H,17,18). The van der Waals surface area contributed by atoms with Gasteiger partial charge in [0.1, 0.15) is 11.2 Å². The summed E-state index contributed by atoms with van der Waals surface area (Å²) in [5.74, 6) is -1.07. The Hall–Kier alpha value is -2.76. The molecule has 2 heterocycles. The van der Waals surface area contributed by atoms with E-state index in [0.717, 1.165) is 11.0 Å². The predicted molar refractivity (Wildman–Crippen MR) is 63.6 cm³/mol. The van der Waals surface area contributed by atoms with Crippen LogP contribution in [-0.4, -0.2) is 31.1 Å². The lowest BCUT2D eigenvalue weighted by Crippen LogP contribution is -2.03. The summed E-state index contributed by atoms with van der Waals surface area (Å²) in [6.45, 7) is 0. The molecular weight excluding hydrogens is 232 g/mol. The van der Waals surface area contributed by atoms with Crippen molar-refractivity contribution >= 4 is 17.0 Å². The number of nitrogens with zero attached hydrogens (tertiary/aromatic N) is 4. The molecule has 0 bridgehead atoms. The van der Waals surface area contributed by atoms with Gasteiger partial charge in [0, 0.05) is 6.20 Å². The number of aromatic nitrogens is 4. The summed E-state index contributed by atoms with van der Waals surface area (Å²) in [4.78, 5) is 14.6. The van der Waals surface area contributed by atoms with Gasteiger partial charge in [0.15, 0.2) is 0 Å². The Labute approximate surface area is 102 Å². The lowest BCUT2D eigenvalue weighted by atomic mass is 10.3. The van der Waals surface area contributed by atoms with Gasteiger partial charge in [-0.2, -0.15) is 0 Å². The Bertz CT molecular complexity index is 736. The molecule has 2 aromatic heterocycles. The number of carbonyl (C=O) groups is 1. The van der Waals surface area contributed by atoms with Crippen molar-refractivity contribution in [3.63, 3.8) is 0 Å². The van der Waals surface area contributed by atoms with E-state index < -0.39 is 5.97 Å². The van der Waals surface area contributed by atoms with Gasteiger partial charge in [0.2, 0.25) is 0 Å². The molecule has 0 amide bonds. The summed E-state index contributed by atoms with van der Waals surface area (Å²) in [5, 5.41) is 16.9. The highest BCUT2D eigenvalue weighted by Gasteiger charge is 2.09. The molecule has 0 spiro atoms. The molecule has 6 nitrogen and oxygen atoms in total. The third-order valence-electron chi connectivity index (χ3n) is 2.56. The first-order chi connectivity index (χ1) is 8.75. The van der Waals surface area contributed by atoms with Crippen molar-refractivity contribution in [3.05, 3.63) is 48.3 Å². The number of carboxylic acids is 1. The molecule has 1 aromatic carbocycles. The number of hydrogen-bond acceptors (Lipinski definition) is 4. The largest absolute Gasteiger partial charge is 0.477 e. The molecule has 1 N–H and O–H groups in total. The van der Waals surface area contributed by atoms with E-state index >= 15 is 0 Å². The van der Waals surface area contributed by atoms with Crippen LogP contribution in [0.2, 0.25) is 0 Å². The number of aromatic carboxylic acids is 1. The van der Waals surface area contributed by atoms with Crippen LogP contribution >= 0.6 is 0 Å². The van der Waals surface area contributed by atoms with Crippen molar-refractivity contribution < 1.29 is 9.90 Å². The fourth-order valence-corrected chi connectivity index (χ4v) is 1.73. The molecule has 18 heavy (non-hydrogen) atoms. The third kappa shape index (κ3) is 1.60. The highest BCUT2D eigenvalue weighted by Crippen LogP contribution is 2.15. The first-order valence-corrected chi connectivity index (χ1v) is 5.26. The minimum absolute atomic E-state index is 0.0212. The van der Waals surface area contributed by atoms with Crippen molar-refractivity contribution in [3.8, 4) is 5.69 Å². The number of pyridine rings is 1. The molecule has 0 radical (unpaired) electrons. The topological polar surface area (TPSA) is 80.9 Å². The van der Waals surface area contributed by atoms with E-state index in [4.69, 9.17) is 5.11 Å². The normalized spacial score (nSPS) is 10.7. The van der Waals surface area contributed by atoms with Gasteiger partial charge >= 0.3 is 5.97 Å². The molecule has 88 valence electrons. The Morgan fingerprint density at radius 3 is 2.89 bits per heavy atom.